The van der Waals surface area contributed by atoms with E-state index in [1.54, 1.807) is 29.1 Å². The monoisotopic (exact) mass is 485 g/mol. The molecule has 0 aromatic carbocycles. The largest absolute Gasteiger partial charge is 0.472 e. The van der Waals surface area contributed by atoms with Crippen LogP contribution in [0.4, 0.5) is 0 Å². The van der Waals surface area contributed by atoms with Crippen molar-refractivity contribution in [1.29, 1.82) is 0 Å². The van der Waals surface area contributed by atoms with Crippen molar-refractivity contribution >= 4 is 11.8 Å². The number of carbonyl (C=O) groups is 2. The summed E-state index contributed by atoms with van der Waals surface area (Å²) in [5.74, 6) is 6.64. The summed E-state index contributed by atoms with van der Waals surface area (Å²) in [6.07, 6.45) is 3.47. The number of ether oxygens (including phenoxy) is 2. The van der Waals surface area contributed by atoms with Crippen molar-refractivity contribution in [2.75, 3.05) is 40.0 Å². The van der Waals surface area contributed by atoms with E-state index < -0.39 is 0 Å². The Kier molecular flexibility index (Phi) is 9.53. The molecule has 0 bridgehead atoms. The van der Waals surface area contributed by atoms with Gasteiger partial charge in [0.1, 0.15) is 11.7 Å². The van der Waals surface area contributed by atoms with E-state index in [0.717, 1.165) is 19.3 Å². The Morgan fingerprint density at radius 1 is 1.31 bits per heavy atom. The predicted octanol–water partition coefficient (Wildman–Crippen LogP) is 2.58. The van der Waals surface area contributed by atoms with Crippen LogP contribution >= 0.6 is 0 Å². The standard InChI is InChI=1S/C27H39N3O5/c1-18(2)7-6-8-21-13-23-25(28-14-21)35-24(19(3)15-30(27(23)33)20(4)17-31)16-29(5)26(32)22-9-11-34-12-10-22/h13-14,18-20,22,24,31H,7,9-12,15-17H2,1-5H3/t19-,20+,24+/m1/s1. The van der Waals surface area contributed by atoms with E-state index in [1.807, 2.05) is 13.8 Å². The fraction of sp³-hybridized carbons (Fsp3) is 0.667. The number of fused-ring (bicyclic) bond motifs is 1. The zero-order valence-corrected chi connectivity index (χ0v) is 21.6. The molecule has 2 aliphatic heterocycles. The third kappa shape index (κ3) is 6.96. The molecule has 3 atom stereocenters. The Morgan fingerprint density at radius 2 is 2.03 bits per heavy atom. The van der Waals surface area contributed by atoms with Crippen LogP contribution in [0.1, 0.15) is 62.9 Å². The lowest BCUT2D eigenvalue weighted by Gasteiger charge is -2.38. The molecule has 0 radical (unpaired) electrons. The fourth-order valence-corrected chi connectivity index (χ4v) is 4.36. The first-order valence-corrected chi connectivity index (χ1v) is 12.6. The summed E-state index contributed by atoms with van der Waals surface area (Å²) < 4.78 is 11.7. The highest BCUT2D eigenvalue weighted by molar-refractivity contribution is 5.97. The Labute approximate surface area is 209 Å². The molecule has 1 aromatic rings. The highest BCUT2D eigenvalue weighted by Gasteiger charge is 2.35. The van der Waals surface area contributed by atoms with Crippen molar-refractivity contribution in [1.82, 2.24) is 14.8 Å². The van der Waals surface area contributed by atoms with Crippen molar-refractivity contribution in [3.8, 4) is 17.7 Å². The summed E-state index contributed by atoms with van der Waals surface area (Å²) in [4.78, 5) is 34.4. The van der Waals surface area contributed by atoms with E-state index >= 15 is 0 Å². The number of rotatable bonds is 6. The lowest BCUT2D eigenvalue weighted by atomic mass is 9.97. The first-order chi connectivity index (χ1) is 16.7. The minimum absolute atomic E-state index is 0.0394. The smallest absolute Gasteiger partial charge is 0.259 e. The molecule has 0 aliphatic carbocycles. The summed E-state index contributed by atoms with van der Waals surface area (Å²) in [6, 6.07) is 1.35. The van der Waals surface area contributed by atoms with Crippen molar-refractivity contribution < 1.29 is 24.2 Å². The summed E-state index contributed by atoms with van der Waals surface area (Å²) in [7, 11) is 1.80. The summed E-state index contributed by atoms with van der Waals surface area (Å²) in [5, 5.41) is 9.83. The predicted molar refractivity (Wildman–Crippen MR) is 133 cm³/mol. The van der Waals surface area contributed by atoms with E-state index in [4.69, 9.17) is 9.47 Å². The third-order valence-electron chi connectivity index (χ3n) is 6.66. The van der Waals surface area contributed by atoms with Gasteiger partial charge >= 0.3 is 0 Å². The average molecular weight is 486 g/mol. The quantitative estimate of drug-likeness (QED) is 0.623. The minimum Gasteiger partial charge on any atom is -0.472 e. The normalized spacial score (nSPS) is 21.8. The van der Waals surface area contributed by atoms with Crippen LogP contribution in [0.3, 0.4) is 0 Å². The van der Waals surface area contributed by atoms with Gasteiger partial charge in [0.15, 0.2) is 0 Å². The number of aliphatic hydroxyl groups excluding tert-OH is 1. The van der Waals surface area contributed by atoms with E-state index in [2.05, 4.69) is 30.7 Å². The van der Waals surface area contributed by atoms with Gasteiger partial charge in [-0.2, -0.15) is 0 Å². The fourth-order valence-electron chi connectivity index (χ4n) is 4.36. The molecule has 2 aliphatic rings. The Hall–Kier alpha value is -2.63. The molecule has 8 heteroatoms. The molecule has 0 spiro atoms. The number of hydrogen-bond acceptors (Lipinski definition) is 6. The van der Waals surface area contributed by atoms with Crippen LogP contribution in [-0.4, -0.2) is 83.8 Å². The SMILES string of the molecule is CC(C)CC#Cc1cnc2c(c1)C(=O)N([C@@H](C)CO)C[C@@H](C)[C@H](CN(C)C(=O)C1CCOCC1)O2. The van der Waals surface area contributed by atoms with Crippen molar-refractivity contribution in [3.05, 3.63) is 23.4 Å². The maximum absolute atomic E-state index is 13.5. The first-order valence-electron chi connectivity index (χ1n) is 12.6. The van der Waals surface area contributed by atoms with Crippen LogP contribution in [-0.2, 0) is 9.53 Å². The summed E-state index contributed by atoms with van der Waals surface area (Å²) >= 11 is 0. The van der Waals surface area contributed by atoms with Crippen LogP contribution in [0.2, 0.25) is 0 Å². The number of carbonyl (C=O) groups excluding carboxylic acids is 2. The van der Waals surface area contributed by atoms with Gasteiger partial charge in [-0.3, -0.25) is 9.59 Å². The molecule has 1 fully saturated rings. The Bertz CT molecular complexity index is 948. The molecule has 0 saturated carbocycles. The zero-order chi connectivity index (χ0) is 25.5. The van der Waals surface area contributed by atoms with E-state index in [9.17, 15) is 14.7 Å². The second-order valence-corrected chi connectivity index (χ2v) is 10.2. The second-order valence-electron chi connectivity index (χ2n) is 10.2. The van der Waals surface area contributed by atoms with Crippen molar-refractivity contribution in [3.63, 3.8) is 0 Å². The Balaban J connectivity index is 1.88. The molecule has 3 heterocycles. The van der Waals surface area contributed by atoms with Gasteiger partial charge in [-0.15, -0.1) is 0 Å². The van der Waals surface area contributed by atoms with Gasteiger partial charge in [-0.1, -0.05) is 32.6 Å². The number of likely N-dealkylation sites (N-methyl/N-ethyl adjacent to an activating group) is 1. The van der Waals surface area contributed by atoms with Gasteiger partial charge in [0.2, 0.25) is 11.8 Å². The molecule has 8 nitrogen and oxygen atoms in total. The number of pyridine rings is 1. The molecule has 35 heavy (non-hydrogen) atoms. The van der Waals surface area contributed by atoms with Crippen LogP contribution in [0, 0.1) is 29.6 Å². The molecular weight excluding hydrogens is 446 g/mol. The molecule has 3 rings (SSSR count). The molecule has 0 unspecified atom stereocenters. The van der Waals surface area contributed by atoms with Gasteiger partial charge in [-0.25, -0.2) is 4.98 Å². The van der Waals surface area contributed by atoms with Crippen molar-refractivity contribution in [2.45, 2.75) is 59.1 Å². The number of hydrogen-bond donors (Lipinski definition) is 1. The molecule has 1 aromatic heterocycles. The van der Waals surface area contributed by atoms with E-state index in [1.165, 1.54) is 0 Å². The summed E-state index contributed by atoms with van der Waals surface area (Å²) in [5.41, 5.74) is 0.979. The first kappa shape index (κ1) is 27.0. The van der Waals surface area contributed by atoms with Gasteiger partial charge in [-0.05, 0) is 31.7 Å². The molecule has 192 valence electrons. The topological polar surface area (TPSA) is 92.2 Å². The number of aromatic nitrogens is 1. The highest BCUT2D eigenvalue weighted by Crippen LogP contribution is 2.28. The number of aliphatic hydroxyl groups is 1. The van der Waals surface area contributed by atoms with Gasteiger partial charge in [0, 0.05) is 56.8 Å². The van der Waals surface area contributed by atoms with Crippen LogP contribution in [0.5, 0.6) is 5.88 Å². The molecule has 1 saturated heterocycles. The number of amides is 2. The van der Waals surface area contributed by atoms with Crippen molar-refractivity contribution in [2.24, 2.45) is 17.8 Å². The zero-order valence-electron chi connectivity index (χ0n) is 21.6. The molecular formula is C27H39N3O5. The maximum Gasteiger partial charge on any atom is 0.259 e. The van der Waals surface area contributed by atoms with Gasteiger partial charge in [0.05, 0.1) is 19.2 Å². The van der Waals surface area contributed by atoms with Gasteiger partial charge < -0.3 is 24.4 Å². The van der Waals surface area contributed by atoms with Gasteiger partial charge in [0.25, 0.3) is 5.91 Å². The van der Waals surface area contributed by atoms with Crippen LogP contribution in [0.15, 0.2) is 12.3 Å². The lowest BCUT2D eigenvalue weighted by molar-refractivity contribution is -0.138. The lowest BCUT2D eigenvalue weighted by Crippen LogP contribution is -2.51. The summed E-state index contributed by atoms with van der Waals surface area (Å²) in [6.45, 7) is 9.86. The minimum atomic E-state index is -0.367. The molecule has 2 amide bonds. The Morgan fingerprint density at radius 3 is 2.69 bits per heavy atom. The van der Waals surface area contributed by atoms with E-state index in [0.29, 0.717) is 43.3 Å². The average Bonchev–Trinajstić information content (AvgIpc) is 2.85. The van der Waals surface area contributed by atoms with E-state index in [-0.39, 0.29) is 48.3 Å². The second kappa shape index (κ2) is 12.4. The highest BCUT2D eigenvalue weighted by atomic mass is 16.5. The van der Waals surface area contributed by atoms with Crippen LogP contribution < -0.4 is 4.74 Å². The number of nitrogens with zero attached hydrogens (tertiary/aromatic N) is 3. The maximum atomic E-state index is 13.5. The van der Waals surface area contributed by atoms with Crippen LogP contribution in [0.25, 0.3) is 0 Å². The molecule has 1 N–H and O–H groups in total. The third-order valence-corrected chi connectivity index (χ3v) is 6.66.